The minimum atomic E-state index is -1.32. The average molecular weight is 500 g/mol. The van der Waals surface area contributed by atoms with Gasteiger partial charge in [0.2, 0.25) is 0 Å². The molecule has 2 unspecified atom stereocenters. The summed E-state index contributed by atoms with van der Waals surface area (Å²) >= 11 is 5.10. The highest BCUT2D eigenvalue weighted by molar-refractivity contribution is 7.91. The number of hydrogen-bond acceptors (Lipinski definition) is 9. The van der Waals surface area contributed by atoms with E-state index in [2.05, 4.69) is 31.6 Å². The van der Waals surface area contributed by atoms with Crippen LogP contribution < -0.4 is 10.6 Å². The van der Waals surface area contributed by atoms with E-state index >= 15 is 0 Å². The Kier molecular flexibility index (Phi) is 11.7. The summed E-state index contributed by atoms with van der Waals surface area (Å²) in [5.41, 5.74) is 6.39. The second-order valence-corrected chi connectivity index (χ2v) is 9.30. The molecule has 2 rings (SSSR count). The van der Waals surface area contributed by atoms with E-state index in [1.807, 2.05) is 0 Å². The minimum absolute atomic E-state index is 0.251. The van der Waals surface area contributed by atoms with Gasteiger partial charge in [-0.3, -0.25) is 0 Å². The second-order valence-electron chi connectivity index (χ2n) is 7.83. The lowest BCUT2D eigenvalue weighted by Crippen LogP contribution is -2.36. The molecule has 1 saturated heterocycles. The van der Waals surface area contributed by atoms with Crippen LogP contribution >= 0.6 is 11.6 Å². The molecule has 1 aliphatic heterocycles. The Morgan fingerprint density at radius 3 is 2.82 bits per heavy atom. The Morgan fingerprint density at radius 1 is 1.45 bits per heavy atom. The summed E-state index contributed by atoms with van der Waals surface area (Å²) in [6.07, 6.45) is 11.8. The molecule has 10 nitrogen and oxygen atoms in total. The SMILES string of the molecule is C=C(N=C/C=C\N)N1CCC(OCCCCCc2c(Cl)c(C(C)N=O)nn2N[S+](C)[O-])CC1. The van der Waals surface area contributed by atoms with Crippen molar-refractivity contribution in [3.63, 3.8) is 0 Å². The number of aromatic nitrogens is 2. The number of nitrogens with one attached hydrogen (secondary N) is 1. The van der Waals surface area contributed by atoms with Crippen molar-refractivity contribution >= 4 is 29.2 Å². The summed E-state index contributed by atoms with van der Waals surface area (Å²) in [6, 6.07) is -0.670. The predicted molar refractivity (Wildman–Crippen MR) is 134 cm³/mol. The molecular weight excluding hydrogens is 466 g/mol. The van der Waals surface area contributed by atoms with Crippen LogP contribution in [-0.4, -0.2) is 57.6 Å². The van der Waals surface area contributed by atoms with Crippen LogP contribution in [0.5, 0.6) is 0 Å². The Balaban J connectivity index is 1.70. The molecular formula is C21H34ClN7O3S. The van der Waals surface area contributed by atoms with Crippen molar-refractivity contribution in [2.24, 2.45) is 15.9 Å². The molecule has 184 valence electrons. The third-order valence-corrected chi connectivity index (χ3v) is 6.19. The van der Waals surface area contributed by atoms with Crippen LogP contribution in [0, 0.1) is 4.91 Å². The highest BCUT2D eigenvalue weighted by Gasteiger charge is 2.23. The van der Waals surface area contributed by atoms with Crippen LogP contribution in [0.1, 0.15) is 56.5 Å². The zero-order valence-electron chi connectivity index (χ0n) is 19.3. The summed E-state index contributed by atoms with van der Waals surface area (Å²) in [5, 5.41) is 7.66. The number of rotatable bonds is 14. The van der Waals surface area contributed by atoms with Gasteiger partial charge in [-0.15, -0.1) is 14.7 Å². The number of allylic oxidation sites excluding steroid dienone is 1. The first-order valence-corrected chi connectivity index (χ1v) is 13.0. The van der Waals surface area contributed by atoms with Crippen molar-refractivity contribution in [2.75, 3.05) is 30.8 Å². The normalized spacial score (nSPS) is 17.0. The van der Waals surface area contributed by atoms with Crippen molar-refractivity contribution in [3.05, 3.63) is 46.0 Å². The van der Waals surface area contributed by atoms with Gasteiger partial charge in [0.15, 0.2) is 0 Å². The van der Waals surface area contributed by atoms with Gasteiger partial charge in [0.05, 0.1) is 28.2 Å². The van der Waals surface area contributed by atoms with E-state index in [9.17, 15) is 9.46 Å². The summed E-state index contributed by atoms with van der Waals surface area (Å²) in [7, 11) is 0. The van der Waals surface area contributed by atoms with Crippen molar-refractivity contribution in [1.82, 2.24) is 14.8 Å². The number of nitrogens with two attached hydrogens (primary N) is 1. The van der Waals surface area contributed by atoms with Crippen LogP contribution in [0.15, 0.2) is 34.8 Å². The molecule has 33 heavy (non-hydrogen) atoms. The predicted octanol–water partition coefficient (Wildman–Crippen LogP) is 3.41. The Hall–Kier alpha value is -2.08. The van der Waals surface area contributed by atoms with Gasteiger partial charge < -0.3 is 19.9 Å². The standard InChI is InChI=1S/C21H34ClN7O3S/c1-16(26-30)21-20(22)19(29(25-21)27-33(3)31)8-5-4-6-15-32-18-9-13-28(14-10-18)17(2)24-12-7-11-23/h7,11-12,16,18,27H,2,4-6,8-10,13-15,23H2,1,3H3/b11-7-,24-12?. The number of aliphatic imine (C=N–C) groups is 1. The smallest absolute Gasteiger partial charge is 0.134 e. The second kappa shape index (κ2) is 14.2. The molecule has 1 fully saturated rings. The zero-order chi connectivity index (χ0) is 24.2. The van der Waals surface area contributed by atoms with Gasteiger partial charge in [-0.2, -0.15) is 4.91 Å². The average Bonchev–Trinajstić information content (AvgIpc) is 3.10. The summed E-state index contributed by atoms with van der Waals surface area (Å²) in [6.45, 7) is 8.07. The molecule has 0 spiro atoms. The monoisotopic (exact) mass is 499 g/mol. The molecule has 1 aliphatic rings. The minimum Gasteiger partial charge on any atom is -0.592 e. The highest BCUT2D eigenvalue weighted by Crippen LogP contribution is 2.29. The van der Waals surface area contributed by atoms with Gasteiger partial charge in [0.1, 0.15) is 23.8 Å². The van der Waals surface area contributed by atoms with Crippen LogP contribution in [-0.2, 0) is 22.5 Å². The molecule has 0 aliphatic carbocycles. The van der Waals surface area contributed by atoms with Crippen LogP contribution in [0.3, 0.4) is 0 Å². The molecule has 2 heterocycles. The quantitative estimate of drug-likeness (QED) is 0.173. The van der Waals surface area contributed by atoms with E-state index in [-0.39, 0.29) is 6.10 Å². The van der Waals surface area contributed by atoms with Crippen molar-refractivity contribution in [1.29, 1.82) is 0 Å². The molecule has 0 aromatic carbocycles. The van der Waals surface area contributed by atoms with E-state index in [1.165, 1.54) is 17.2 Å². The number of unbranched alkanes of at least 4 members (excludes halogenated alkanes) is 2. The lowest BCUT2D eigenvalue weighted by atomic mass is 10.1. The molecule has 0 saturated carbocycles. The molecule has 3 N–H and O–H groups in total. The Labute approximate surface area is 203 Å². The van der Waals surface area contributed by atoms with E-state index < -0.39 is 17.4 Å². The van der Waals surface area contributed by atoms with Crippen LogP contribution in [0.2, 0.25) is 5.02 Å². The third-order valence-electron chi connectivity index (χ3n) is 5.35. The van der Waals surface area contributed by atoms with Gasteiger partial charge in [-0.05, 0) is 51.3 Å². The first kappa shape index (κ1) is 27.2. The third kappa shape index (κ3) is 8.65. The summed E-state index contributed by atoms with van der Waals surface area (Å²) < 4.78 is 17.6. The number of nitrogens with zero attached hydrogens (tertiary/aromatic N) is 5. The number of halogens is 1. The molecule has 0 amide bonds. The lowest BCUT2D eigenvalue weighted by Gasteiger charge is -2.33. The molecule has 12 heteroatoms. The van der Waals surface area contributed by atoms with Gasteiger partial charge in [-0.25, -0.2) is 4.99 Å². The van der Waals surface area contributed by atoms with Gasteiger partial charge >= 0.3 is 0 Å². The van der Waals surface area contributed by atoms with Crippen molar-refractivity contribution in [3.8, 4) is 0 Å². The zero-order valence-corrected chi connectivity index (χ0v) is 20.9. The van der Waals surface area contributed by atoms with Gasteiger partial charge in [-0.1, -0.05) is 29.8 Å². The van der Waals surface area contributed by atoms with Crippen LogP contribution in [0.4, 0.5) is 0 Å². The van der Waals surface area contributed by atoms with E-state index in [4.69, 9.17) is 22.1 Å². The van der Waals surface area contributed by atoms with E-state index in [1.54, 1.807) is 19.2 Å². The fourth-order valence-electron chi connectivity index (χ4n) is 3.54. The number of ether oxygens (including phenoxy) is 1. The molecule has 2 atom stereocenters. The first-order chi connectivity index (χ1) is 15.9. The Morgan fingerprint density at radius 2 is 2.18 bits per heavy atom. The van der Waals surface area contributed by atoms with Gasteiger partial charge in [0.25, 0.3) is 0 Å². The maximum Gasteiger partial charge on any atom is 0.134 e. The maximum atomic E-state index is 11.6. The van der Waals surface area contributed by atoms with Crippen molar-refractivity contribution in [2.45, 2.75) is 57.6 Å². The summed E-state index contributed by atoms with van der Waals surface area (Å²) in [4.78, 5) is 21.5. The molecule has 1 aromatic heterocycles. The van der Waals surface area contributed by atoms with Crippen LogP contribution in [0.25, 0.3) is 0 Å². The number of nitroso groups, excluding NO2 is 1. The molecule has 1 aromatic rings. The highest BCUT2D eigenvalue weighted by atomic mass is 35.5. The first-order valence-electron chi connectivity index (χ1n) is 11.0. The number of likely N-dealkylation sites (tertiary alicyclic amines) is 1. The van der Waals surface area contributed by atoms with Crippen molar-refractivity contribution < 1.29 is 9.29 Å². The fourth-order valence-corrected chi connectivity index (χ4v) is 4.31. The number of piperidine rings is 1. The topological polar surface area (TPSA) is 133 Å². The molecule has 0 bridgehead atoms. The fraction of sp³-hybridized carbons (Fsp3) is 0.619. The summed E-state index contributed by atoms with van der Waals surface area (Å²) in [5.74, 6) is 0.743. The number of hydrogen-bond donors (Lipinski definition) is 2. The largest absolute Gasteiger partial charge is 0.592 e. The maximum absolute atomic E-state index is 11.6. The van der Waals surface area contributed by atoms with E-state index in [0.29, 0.717) is 29.4 Å². The van der Waals surface area contributed by atoms with Gasteiger partial charge in [0, 0.05) is 25.9 Å². The molecule has 0 radical (unpaired) electrons. The Bertz CT molecular complexity index is 823. The van der Waals surface area contributed by atoms with E-state index in [0.717, 1.165) is 51.0 Å². The lowest BCUT2D eigenvalue weighted by molar-refractivity contribution is 0.0121.